The molecule has 3 aromatic carbocycles. The third kappa shape index (κ3) is 7.50. The maximum absolute atomic E-state index is 12.3. The second kappa shape index (κ2) is 11.5. The summed E-state index contributed by atoms with van der Waals surface area (Å²) in [6, 6.07) is 23.4. The van der Waals surface area contributed by atoms with Gasteiger partial charge in [-0.1, -0.05) is 30.3 Å². The zero-order valence-corrected chi connectivity index (χ0v) is 18.7. The van der Waals surface area contributed by atoms with Crippen molar-refractivity contribution in [1.82, 2.24) is 10.6 Å². The summed E-state index contributed by atoms with van der Waals surface area (Å²) in [6.45, 7) is 4.33. The molecule has 3 amide bonds. The molecule has 0 spiro atoms. The Kier molecular flexibility index (Phi) is 8.18. The molecule has 0 radical (unpaired) electrons. The molecule has 0 saturated heterocycles. The number of hydrogen-bond donors (Lipinski definition) is 4. The summed E-state index contributed by atoms with van der Waals surface area (Å²) in [5.74, 6) is -0.534. The normalized spacial score (nSPS) is 10.4. The highest BCUT2D eigenvalue weighted by Crippen LogP contribution is 2.12. The Bertz CT molecular complexity index is 1080. The number of carbonyl (C=O) groups excluding carboxylic acids is 3. The minimum Gasteiger partial charge on any atom is -0.376 e. The highest BCUT2D eigenvalue weighted by molar-refractivity contribution is 5.97. The SMILES string of the molecule is CC(C)NC(=O)c1ccc(NCC(=O)Nc2ccc(C(=O)NCc3ccccc3)cc2)cc1. The van der Waals surface area contributed by atoms with Crippen molar-refractivity contribution in [3.63, 3.8) is 0 Å². The van der Waals surface area contributed by atoms with Gasteiger partial charge in [0.15, 0.2) is 0 Å². The van der Waals surface area contributed by atoms with E-state index in [0.29, 0.717) is 23.4 Å². The van der Waals surface area contributed by atoms with Crippen LogP contribution in [0.25, 0.3) is 0 Å². The second-order valence-electron chi connectivity index (χ2n) is 7.85. The first-order valence-electron chi connectivity index (χ1n) is 10.8. The molecule has 0 aliphatic heterocycles. The van der Waals surface area contributed by atoms with Gasteiger partial charge in [-0.15, -0.1) is 0 Å². The zero-order chi connectivity index (χ0) is 23.6. The largest absolute Gasteiger partial charge is 0.376 e. The maximum Gasteiger partial charge on any atom is 0.251 e. The molecule has 0 heterocycles. The third-order valence-corrected chi connectivity index (χ3v) is 4.75. The number of hydrogen-bond acceptors (Lipinski definition) is 4. The molecule has 7 nitrogen and oxygen atoms in total. The van der Waals surface area contributed by atoms with E-state index in [2.05, 4.69) is 21.3 Å². The second-order valence-corrected chi connectivity index (χ2v) is 7.85. The van der Waals surface area contributed by atoms with Crippen LogP contribution in [0.4, 0.5) is 11.4 Å². The fourth-order valence-electron chi connectivity index (χ4n) is 3.06. The Morgan fingerprint density at radius 1 is 0.727 bits per heavy atom. The first-order valence-corrected chi connectivity index (χ1v) is 10.8. The van der Waals surface area contributed by atoms with Crippen LogP contribution in [0, 0.1) is 0 Å². The van der Waals surface area contributed by atoms with Gasteiger partial charge in [-0.3, -0.25) is 14.4 Å². The summed E-state index contributed by atoms with van der Waals surface area (Å²) in [4.78, 5) is 36.5. The van der Waals surface area contributed by atoms with E-state index in [1.165, 1.54) is 0 Å². The van der Waals surface area contributed by atoms with Crippen LogP contribution in [0.15, 0.2) is 78.9 Å². The van der Waals surface area contributed by atoms with Gasteiger partial charge < -0.3 is 21.3 Å². The van der Waals surface area contributed by atoms with Gasteiger partial charge in [0.1, 0.15) is 0 Å². The Hall–Kier alpha value is -4.13. The van der Waals surface area contributed by atoms with Crippen LogP contribution in [-0.2, 0) is 11.3 Å². The molecule has 33 heavy (non-hydrogen) atoms. The van der Waals surface area contributed by atoms with Crippen molar-refractivity contribution in [1.29, 1.82) is 0 Å². The third-order valence-electron chi connectivity index (χ3n) is 4.75. The van der Waals surface area contributed by atoms with E-state index in [9.17, 15) is 14.4 Å². The van der Waals surface area contributed by atoms with Crippen LogP contribution in [0.1, 0.15) is 40.1 Å². The maximum atomic E-state index is 12.3. The van der Waals surface area contributed by atoms with Crippen LogP contribution in [0.5, 0.6) is 0 Å². The lowest BCUT2D eigenvalue weighted by Crippen LogP contribution is -2.30. The average molecular weight is 445 g/mol. The van der Waals surface area contributed by atoms with Gasteiger partial charge in [0.2, 0.25) is 5.91 Å². The summed E-state index contributed by atoms with van der Waals surface area (Å²) in [5.41, 5.74) is 3.43. The Morgan fingerprint density at radius 3 is 1.91 bits per heavy atom. The van der Waals surface area contributed by atoms with Gasteiger partial charge in [0, 0.05) is 35.1 Å². The van der Waals surface area contributed by atoms with E-state index in [4.69, 9.17) is 0 Å². The van der Waals surface area contributed by atoms with Crippen molar-refractivity contribution >= 4 is 29.1 Å². The lowest BCUT2D eigenvalue weighted by molar-refractivity contribution is -0.114. The predicted molar refractivity (Wildman–Crippen MR) is 130 cm³/mol. The molecule has 0 fully saturated rings. The zero-order valence-electron chi connectivity index (χ0n) is 18.7. The first-order chi connectivity index (χ1) is 15.9. The molecule has 0 atom stereocenters. The standard InChI is InChI=1S/C26H28N4O3/c1-18(2)29-26(33)21-8-12-22(13-9-21)27-17-24(31)30-23-14-10-20(11-15-23)25(32)28-16-19-6-4-3-5-7-19/h3-15,18,27H,16-17H2,1-2H3,(H,28,32)(H,29,33)(H,30,31). The molecule has 7 heteroatoms. The van der Waals surface area contributed by atoms with Crippen LogP contribution in [0.3, 0.4) is 0 Å². The van der Waals surface area contributed by atoms with Gasteiger partial charge in [0.25, 0.3) is 11.8 Å². The average Bonchev–Trinajstić information content (AvgIpc) is 2.82. The fourth-order valence-corrected chi connectivity index (χ4v) is 3.06. The topological polar surface area (TPSA) is 99.3 Å². The number of nitrogens with one attached hydrogen (secondary N) is 4. The van der Waals surface area contributed by atoms with Gasteiger partial charge in [-0.2, -0.15) is 0 Å². The van der Waals surface area contributed by atoms with Crippen LogP contribution in [0.2, 0.25) is 0 Å². The summed E-state index contributed by atoms with van der Waals surface area (Å²) in [6.07, 6.45) is 0. The summed E-state index contributed by atoms with van der Waals surface area (Å²) in [7, 11) is 0. The molecule has 0 aliphatic rings. The van der Waals surface area contributed by atoms with Crippen molar-refractivity contribution in [3.8, 4) is 0 Å². The van der Waals surface area contributed by atoms with E-state index >= 15 is 0 Å². The van der Waals surface area contributed by atoms with E-state index in [0.717, 1.165) is 11.3 Å². The molecule has 3 aromatic rings. The molecule has 0 aliphatic carbocycles. The van der Waals surface area contributed by atoms with Gasteiger partial charge in [0.05, 0.1) is 6.54 Å². The number of carbonyl (C=O) groups is 3. The first kappa shape index (κ1) is 23.5. The van der Waals surface area contributed by atoms with Gasteiger partial charge >= 0.3 is 0 Å². The van der Waals surface area contributed by atoms with Crippen LogP contribution >= 0.6 is 0 Å². The van der Waals surface area contributed by atoms with Crippen molar-refractivity contribution in [2.75, 3.05) is 17.2 Å². The number of benzene rings is 3. The highest BCUT2D eigenvalue weighted by Gasteiger charge is 2.08. The van der Waals surface area contributed by atoms with Gasteiger partial charge in [-0.25, -0.2) is 0 Å². The molecular formula is C26H28N4O3. The lowest BCUT2D eigenvalue weighted by Gasteiger charge is -2.10. The molecular weight excluding hydrogens is 416 g/mol. The molecule has 170 valence electrons. The Morgan fingerprint density at radius 2 is 1.30 bits per heavy atom. The smallest absolute Gasteiger partial charge is 0.251 e. The van der Waals surface area contributed by atoms with E-state index in [1.54, 1.807) is 48.5 Å². The van der Waals surface area contributed by atoms with E-state index in [1.807, 2.05) is 44.2 Å². The summed E-state index contributed by atoms with van der Waals surface area (Å²) >= 11 is 0. The molecule has 0 unspecified atom stereocenters. The molecule has 0 bridgehead atoms. The molecule has 3 rings (SSSR count). The summed E-state index contributed by atoms with van der Waals surface area (Å²) < 4.78 is 0. The minimum absolute atomic E-state index is 0.0663. The molecule has 0 aromatic heterocycles. The number of anilines is 2. The highest BCUT2D eigenvalue weighted by atomic mass is 16.2. The van der Waals surface area contributed by atoms with Crippen LogP contribution in [-0.4, -0.2) is 30.3 Å². The van der Waals surface area contributed by atoms with E-state index < -0.39 is 0 Å². The van der Waals surface area contributed by atoms with Crippen molar-refractivity contribution in [2.24, 2.45) is 0 Å². The molecule has 0 saturated carbocycles. The van der Waals surface area contributed by atoms with E-state index in [-0.39, 0.29) is 30.3 Å². The predicted octanol–water partition coefficient (Wildman–Crippen LogP) is 3.81. The monoisotopic (exact) mass is 444 g/mol. The Labute approximate surface area is 193 Å². The molecule has 4 N–H and O–H groups in total. The Balaban J connectivity index is 1.44. The number of rotatable bonds is 9. The lowest BCUT2D eigenvalue weighted by atomic mass is 10.1. The van der Waals surface area contributed by atoms with Crippen LogP contribution < -0.4 is 21.3 Å². The van der Waals surface area contributed by atoms with Gasteiger partial charge in [-0.05, 0) is 67.9 Å². The fraction of sp³-hybridized carbons (Fsp3) is 0.192. The minimum atomic E-state index is -0.224. The number of amides is 3. The van der Waals surface area contributed by atoms with Crippen molar-refractivity contribution in [3.05, 3.63) is 95.6 Å². The summed E-state index contributed by atoms with van der Waals surface area (Å²) in [5, 5.41) is 11.5. The van der Waals surface area contributed by atoms with Crippen molar-refractivity contribution in [2.45, 2.75) is 26.4 Å². The quantitative estimate of drug-likeness (QED) is 0.403. The van der Waals surface area contributed by atoms with Crippen molar-refractivity contribution < 1.29 is 14.4 Å².